The first kappa shape index (κ1) is 16.2. The van der Waals surface area contributed by atoms with Crippen molar-refractivity contribution in [2.75, 3.05) is 40.8 Å². The zero-order valence-corrected chi connectivity index (χ0v) is 14.1. The average molecular weight is 319 g/mol. The normalized spacial score (nSPS) is 23.4. The number of pyridine rings is 1. The van der Waals surface area contributed by atoms with Crippen LogP contribution in [0, 0.1) is 0 Å². The molecule has 6 nitrogen and oxygen atoms in total. The van der Waals surface area contributed by atoms with Gasteiger partial charge in [0.05, 0.1) is 19.3 Å². The van der Waals surface area contributed by atoms with Crippen molar-refractivity contribution in [3.63, 3.8) is 0 Å². The van der Waals surface area contributed by atoms with Crippen LogP contribution < -0.4 is 4.74 Å². The van der Waals surface area contributed by atoms with Gasteiger partial charge in [-0.3, -0.25) is 4.79 Å². The molecular formula is C17H25N3O3. The number of methoxy groups -OCH3 is 1. The number of likely N-dealkylation sites (tertiary alicyclic amines) is 1. The molecule has 1 unspecified atom stereocenters. The molecule has 1 aromatic rings. The topological polar surface area (TPSA) is 65.9 Å². The van der Waals surface area contributed by atoms with E-state index in [2.05, 4.69) is 4.98 Å². The molecule has 1 atom stereocenters. The molecule has 0 saturated carbocycles. The summed E-state index contributed by atoms with van der Waals surface area (Å²) in [5, 5.41) is 10.6. The first-order valence-corrected chi connectivity index (χ1v) is 8.15. The number of nitrogens with zero attached hydrogens (tertiary/aromatic N) is 3. The van der Waals surface area contributed by atoms with E-state index in [1.165, 1.54) is 0 Å². The second-order valence-electron chi connectivity index (χ2n) is 6.94. The summed E-state index contributed by atoms with van der Waals surface area (Å²) in [5.41, 5.74) is 1.87. The lowest BCUT2D eigenvalue weighted by Crippen LogP contribution is -2.43. The summed E-state index contributed by atoms with van der Waals surface area (Å²) in [7, 11) is 5.40. The molecule has 1 aromatic heterocycles. The number of hydrogen-bond acceptors (Lipinski definition) is 5. The highest BCUT2D eigenvalue weighted by Gasteiger charge is 2.39. The van der Waals surface area contributed by atoms with Crippen molar-refractivity contribution in [3.05, 3.63) is 22.9 Å². The molecule has 1 N–H and O–H groups in total. The van der Waals surface area contributed by atoms with E-state index in [4.69, 9.17) is 4.74 Å². The van der Waals surface area contributed by atoms with E-state index in [1.54, 1.807) is 12.0 Å². The summed E-state index contributed by atoms with van der Waals surface area (Å²) in [5.74, 6) is 0.303. The molecule has 6 heteroatoms. The Bertz CT molecular complexity index is 617. The van der Waals surface area contributed by atoms with Crippen LogP contribution in [0.25, 0.3) is 0 Å². The first-order valence-electron chi connectivity index (χ1n) is 8.15. The minimum atomic E-state index is -0.837. The van der Waals surface area contributed by atoms with Crippen molar-refractivity contribution < 1.29 is 14.6 Å². The zero-order valence-electron chi connectivity index (χ0n) is 14.1. The molecule has 1 aliphatic heterocycles. The second kappa shape index (κ2) is 6.09. The molecule has 1 fully saturated rings. The maximum Gasteiger partial charge on any atom is 0.259 e. The standard InChI is InChI=1S/C17H25N3O3/c1-19(2)10-17(22)7-8-20(11-17)16(21)13-9-12-5-4-6-14(12)18-15(13)23-3/h9,22H,4-8,10-11H2,1-3H3. The predicted molar refractivity (Wildman–Crippen MR) is 86.8 cm³/mol. The van der Waals surface area contributed by atoms with Crippen LogP contribution in [0.2, 0.25) is 0 Å². The van der Waals surface area contributed by atoms with Gasteiger partial charge in [0.2, 0.25) is 5.88 Å². The second-order valence-corrected chi connectivity index (χ2v) is 6.94. The number of aromatic nitrogens is 1. The van der Waals surface area contributed by atoms with Crippen molar-refractivity contribution in [2.24, 2.45) is 0 Å². The maximum atomic E-state index is 12.9. The van der Waals surface area contributed by atoms with Crippen LogP contribution in [0.5, 0.6) is 5.88 Å². The van der Waals surface area contributed by atoms with Crippen molar-refractivity contribution in [1.82, 2.24) is 14.8 Å². The molecule has 0 radical (unpaired) electrons. The van der Waals surface area contributed by atoms with Crippen LogP contribution in [0.3, 0.4) is 0 Å². The van der Waals surface area contributed by atoms with Crippen LogP contribution in [-0.4, -0.2) is 72.2 Å². The Morgan fingerprint density at radius 1 is 1.48 bits per heavy atom. The third-order valence-corrected chi connectivity index (χ3v) is 4.67. The van der Waals surface area contributed by atoms with E-state index < -0.39 is 5.60 Å². The maximum absolute atomic E-state index is 12.9. The van der Waals surface area contributed by atoms with Crippen LogP contribution in [0.15, 0.2) is 6.07 Å². The number of fused-ring (bicyclic) bond motifs is 1. The molecule has 0 bridgehead atoms. The first-order chi connectivity index (χ1) is 10.9. The summed E-state index contributed by atoms with van der Waals surface area (Å²) in [4.78, 5) is 21.1. The Balaban J connectivity index is 1.81. The van der Waals surface area contributed by atoms with Gasteiger partial charge in [-0.15, -0.1) is 0 Å². The minimum absolute atomic E-state index is 0.0984. The molecule has 0 spiro atoms. The number of β-amino-alcohol motifs (C(OH)–C–C–N with tert-alkyl or cyclic N) is 1. The summed E-state index contributed by atoms with van der Waals surface area (Å²) < 4.78 is 5.34. The van der Waals surface area contributed by atoms with E-state index >= 15 is 0 Å². The molecule has 0 aromatic carbocycles. The molecule has 1 saturated heterocycles. The summed E-state index contributed by atoms with van der Waals surface area (Å²) in [6, 6.07) is 1.93. The van der Waals surface area contributed by atoms with E-state index in [1.807, 2.05) is 25.1 Å². The Hall–Kier alpha value is -1.66. The van der Waals surface area contributed by atoms with Crippen LogP contribution in [0.4, 0.5) is 0 Å². The van der Waals surface area contributed by atoms with E-state index in [0.717, 1.165) is 30.5 Å². The fourth-order valence-corrected chi connectivity index (χ4v) is 3.68. The lowest BCUT2D eigenvalue weighted by molar-refractivity contribution is 0.0235. The molecule has 1 aliphatic carbocycles. The van der Waals surface area contributed by atoms with Crippen molar-refractivity contribution >= 4 is 5.91 Å². The number of aryl methyl sites for hydroxylation is 2. The Morgan fingerprint density at radius 3 is 2.96 bits per heavy atom. The quantitative estimate of drug-likeness (QED) is 0.886. The van der Waals surface area contributed by atoms with Gasteiger partial charge in [-0.25, -0.2) is 4.98 Å². The molecule has 126 valence electrons. The summed E-state index contributed by atoms with van der Waals surface area (Å²) in [6.07, 6.45) is 3.59. The third-order valence-electron chi connectivity index (χ3n) is 4.67. The zero-order chi connectivity index (χ0) is 16.6. The Morgan fingerprint density at radius 2 is 2.26 bits per heavy atom. The molecule has 23 heavy (non-hydrogen) atoms. The number of amides is 1. The largest absolute Gasteiger partial charge is 0.480 e. The number of carbonyl (C=O) groups excluding carboxylic acids is 1. The van der Waals surface area contributed by atoms with Gasteiger partial charge < -0.3 is 19.6 Å². The van der Waals surface area contributed by atoms with Crippen molar-refractivity contribution in [1.29, 1.82) is 0 Å². The van der Waals surface area contributed by atoms with Crippen molar-refractivity contribution in [3.8, 4) is 5.88 Å². The van der Waals surface area contributed by atoms with Crippen LogP contribution in [-0.2, 0) is 12.8 Å². The molecular weight excluding hydrogens is 294 g/mol. The highest BCUT2D eigenvalue weighted by molar-refractivity contribution is 5.97. The lowest BCUT2D eigenvalue weighted by Gasteiger charge is -2.26. The van der Waals surface area contributed by atoms with E-state index in [0.29, 0.717) is 37.5 Å². The number of hydrogen-bond donors (Lipinski definition) is 1. The molecule has 1 amide bonds. The number of ether oxygens (including phenoxy) is 1. The average Bonchev–Trinajstić information content (AvgIpc) is 3.10. The van der Waals surface area contributed by atoms with Gasteiger partial charge >= 0.3 is 0 Å². The highest BCUT2D eigenvalue weighted by Crippen LogP contribution is 2.30. The molecule has 3 rings (SSSR count). The number of carbonyl (C=O) groups is 1. The SMILES string of the molecule is COc1nc2c(cc1C(=O)N1CCC(O)(CN(C)C)C1)CCC2. The van der Waals surface area contributed by atoms with Gasteiger partial charge in [0.1, 0.15) is 5.56 Å². The highest BCUT2D eigenvalue weighted by atomic mass is 16.5. The predicted octanol–water partition coefficient (Wildman–Crippen LogP) is 0.717. The van der Waals surface area contributed by atoms with Gasteiger partial charge in [-0.2, -0.15) is 0 Å². The van der Waals surface area contributed by atoms with Crippen LogP contribution in [0.1, 0.15) is 34.5 Å². The Kier molecular flexibility index (Phi) is 4.29. The number of rotatable bonds is 4. The van der Waals surface area contributed by atoms with Gasteiger partial charge in [0, 0.05) is 18.8 Å². The molecule has 2 aliphatic rings. The van der Waals surface area contributed by atoms with E-state index in [9.17, 15) is 9.90 Å². The van der Waals surface area contributed by atoms with Gasteiger partial charge in [0.25, 0.3) is 5.91 Å². The van der Waals surface area contributed by atoms with E-state index in [-0.39, 0.29) is 5.91 Å². The summed E-state index contributed by atoms with van der Waals surface area (Å²) >= 11 is 0. The lowest BCUT2D eigenvalue weighted by atomic mass is 10.0. The summed E-state index contributed by atoms with van der Waals surface area (Å²) in [6.45, 7) is 1.46. The van der Waals surface area contributed by atoms with Crippen molar-refractivity contribution in [2.45, 2.75) is 31.3 Å². The monoisotopic (exact) mass is 319 g/mol. The number of aliphatic hydroxyl groups is 1. The Labute approximate surface area is 137 Å². The fraction of sp³-hybridized carbons (Fsp3) is 0.647. The fourth-order valence-electron chi connectivity index (χ4n) is 3.68. The third kappa shape index (κ3) is 3.19. The number of likely N-dealkylation sites (N-methyl/N-ethyl adjacent to an activating group) is 1. The van der Waals surface area contributed by atoms with Crippen LogP contribution >= 0.6 is 0 Å². The van der Waals surface area contributed by atoms with Gasteiger partial charge in [-0.1, -0.05) is 0 Å². The van der Waals surface area contributed by atoms with Gasteiger partial charge in [0.15, 0.2) is 0 Å². The smallest absolute Gasteiger partial charge is 0.259 e. The molecule has 2 heterocycles. The minimum Gasteiger partial charge on any atom is -0.480 e. The van der Waals surface area contributed by atoms with Gasteiger partial charge in [-0.05, 0) is 51.4 Å².